The van der Waals surface area contributed by atoms with Crippen LogP contribution in [0.5, 0.6) is 5.88 Å². The minimum absolute atomic E-state index is 0.137. The lowest BCUT2D eigenvalue weighted by molar-refractivity contribution is -0.277. The highest BCUT2D eigenvalue weighted by atomic mass is 79.9. The fourth-order valence-electron chi connectivity index (χ4n) is 0.583. The summed E-state index contributed by atoms with van der Waals surface area (Å²) in [6, 6.07) is 1.17. The second kappa shape index (κ2) is 3.49. The zero-order chi connectivity index (χ0) is 10.1. The Hall–Kier alpha value is -0.850. The van der Waals surface area contributed by atoms with Crippen LogP contribution < -0.4 is 4.74 Å². The number of halogens is 5. The zero-order valence-electron chi connectivity index (χ0n) is 5.90. The van der Waals surface area contributed by atoms with E-state index in [-0.39, 0.29) is 4.47 Å². The summed E-state index contributed by atoms with van der Waals surface area (Å²) >= 11 is 2.69. The second-order valence-corrected chi connectivity index (χ2v) is 2.81. The van der Waals surface area contributed by atoms with Crippen molar-refractivity contribution in [3.8, 4) is 5.88 Å². The summed E-state index contributed by atoms with van der Waals surface area (Å²) < 4.78 is 50.8. The molecule has 0 aliphatic heterocycles. The molecule has 0 aliphatic rings. The maximum atomic E-state index is 12.8. The molecular weight excluding hydrogens is 258 g/mol. The third-order valence-electron chi connectivity index (χ3n) is 1.02. The van der Waals surface area contributed by atoms with Gasteiger partial charge in [0.15, 0.2) is 5.82 Å². The van der Waals surface area contributed by atoms with Crippen LogP contribution in [0.4, 0.5) is 17.6 Å². The van der Waals surface area contributed by atoms with E-state index in [1.165, 1.54) is 6.07 Å². The summed E-state index contributed by atoms with van der Waals surface area (Å²) in [7, 11) is 0. The zero-order valence-corrected chi connectivity index (χ0v) is 7.49. The van der Waals surface area contributed by atoms with Gasteiger partial charge in [-0.25, -0.2) is 4.98 Å². The van der Waals surface area contributed by atoms with Crippen LogP contribution >= 0.6 is 15.9 Å². The fourth-order valence-corrected chi connectivity index (χ4v) is 0.871. The van der Waals surface area contributed by atoms with Crippen molar-refractivity contribution in [1.29, 1.82) is 0 Å². The third kappa shape index (κ3) is 2.83. The summed E-state index contributed by atoms with van der Waals surface area (Å²) in [4.78, 5) is 3.08. The molecule has 0 atom stereocenters. The minimum atomic E-state index is -4.94. The molecule has 0 saturated carbocycles. The lowest BCUT2D eigenvalue weighted by Crippen LogP contribution is -2.18. The molecule has 0 fully saturated rings. The van der Waals surface area contributed by atoms with Crippen LogP contribution in [0.15, 0.2) is 16.7 Å². The molecule has 0 aliphatic carbocycles. The van der Waals surface area contributed by atoms with Gasteiger partial charge in [-0.2, -0.15) is 4.39 Å². The average molecular weight is 260 g/mol. The van der Waals surface area contributed by atoms with Gasteiger partial charge < -0.3 is 4.74 Å². The van der Waals surface area contributed by atoms with Gasteiger partial charge in [-0.3, -0.25) is 0 Å². The number of alkyl halides is 3. The number of ether oxygens (including phenoxy) is 1. The minimum Gasteiger partial charge on any atom is -0.385 e. The summed E-state index contributed by atoms with van der Waals surface area (Å²) in [6.07, 6.45) is -3.94. The molecule has 0 saturated heterocycles. The van der Waals surface area contributed by atoms with E-state index in [0.29, 0.717) is 0 Å². The first-order valence-electron chi connectivity index (χ1n) is 2.96. The third-order valence-corrected chi connectivity index (χ3v) is 1.63. The Bertz CT molecular complexity index is 314. The van der Waals surface area contributed by atoms with Crippen molar-refractivity contribution in [1.82, 2.24) is 4.98 Å². The van der Waals surface area contributed by atoms with E-state index >= 15 is 0 Å². The summed E-state index contributed by atoms with van der Waals surface area (Å²) in [5, 5.41) is 0. The van der Waals surface area contributed by atoms with Crippen LogP contribution in [-0.4, -0.2) is 11.3 Å². The largest absolute Gasteiger partial charge is 0.574 e. The quantitative estimate of drug-likeness (QED) is 0.724. The van der Waals surface area contributed by atoms with E-state index < -0.39 is 18.1 Å². The van der Waals surface area contributed by atoms with E-state index in [1.54, 1.807) is 0 Å². The highest BCUT2D eigenvalue weighted by Gasteiger charge is 2.33. The van der Waals surface area contributed by atoms with Gasteiger partial charge >= 0.3 is 6.36 Å². The van der Waals surface area contributed by atoms with Crippen molar-refractivity contribution in [2.45, 2.75) is 6.36 Å². The Labute approximate surface area is 78.7 Å². The summed E-state index contributed by atoms with van der Waals surface area (Å²) in [5.41, 5.74) is 0. The van der Waals surface area contributed by atoms with Gasteiger partial charge in [0.1, 0.15) is 0 Å². The van der Waals surface area contributed by atoms with E-state index in [9.17, 15) is 17.6 Å². The standard InChI is InChI=1S/C6H2BrF4NO/c7-3-1-2-12-5(4(3)8)13-6(9,10)11/h1-2H. The fraction of sp³-hybridized carbons (Fsp3) is 0.167. The summed E-state index contributed by atoms with van der Waals surface area (Å²) in [5.74, 6) is -2.28. The molecular formula is C6H2BrF4NO. The molecule has 0 spiro atoms. The normalized spacial score (nSPS) is 11.5. The maximum Gasteiger partial charge on any atom is 0.574 e. The molecule has 1 heterocycles. The van der Waals surface area contributed by atoms with E-state index in [0.717, 1.165) is 6.20 Å². The first-order valence-corrected chi connectivity index (χ1v) is 3.75. The van der Waals surface area contributed by atoms with Crippen molar-refractivity contribution in [3.05, 3.63) is 22.6 Å². The van der Waals surface area contributed by atoms with Gasteiger partial charge in [0, 0.05) is 6.20 Å². The molecule has 72 valence electrons. The van der Waals surface area contributed by atoms with Gasteiger partial charge in [-0.15, -0.1) is 13.2 Å². The molecule has 1 aromatic rings. The Morgan fingerprint density at radius 1 is 1.38 bits per heavy atom. The second-order valence-electron chi connectivity index (χ2n) is 1.96. The Kier molecular flexibility index (Phi) is 2.74. The van der Waals surface area contributed by atoms with Crippen LogP contribution in [-0.2, 0) is 0 Å². The Morgan fingerprint density at radius 2 is 2.00 bits per heavy atom. The van der Waals surface area contributed by atoms with Crippen LogP contribution in [0, 0.1) is 5.82 Å². The predicted octanol–water partition coefficient (Wildman–Crippen LogP) is 2.88. The van der Waals surface area contributed by atoms with Crippen LogP contribution in [0.25, 0.3) is 0 Å². The first-order chi connectivity index (χ1) is 5.90. The molecule has 1 rings (SSSR count). The topological polar surface area (TPSA) is 22.1 Å². The van der Waals surface area contributed by atoms with E-state index in [2.05, 4.69) is 25.7 Å². The van der Waals surface area contributed by atoms with E-state index in [4.69, 9.17) is 0 Å². The Morgan fingerprint density at radius 3 is 2.54 bits per heavy atom. The van der Waals surface area contributed by atoms with Gasteiger partial charge in [0.05, 0.1) is 4.47 Å². The monoisotopic (exact) mass is 259 g/mol. The lowest BCUT2D eigenvalue weighted by atomic mass is 10.5. The highest BCUT2D eigenvalue weighted by Crippen LogP contribution is 2.27. The number of hydrogen-bond acceptors (Lipinski definition) is 2. The first kappa shape index (κ1) is 10.2. The number of aromatic nitrogens is 1. The molecule has 1 aromatic heterocycles. The SMILES string of the molecule is Fc1c(Br)ccnc1OC(F)(F)F. The van der Waals surface area contributed by atoms with Crippen molar-refractivity contribution >= 4 is 15.9 Å². The van der Waals surface area contributed by atoms with Crippen LogP contribution in [0.1, 0.15) is 0 Å². The van der Waals surface area contributed by atoms with Crippen molar-refractivity contribution < 1.29 is 22.3 Å². The highest BCUT2D eigenvalue weighted by molar-refractivity contribution is 9.10. The maximum absolute atomic E-state index is 12.8. The number of rotatable bonds is 1. The molecule has 0 N–H and O–H groups in total. The predicted molar refractivity (Wildman–Crippen MR) is 38.6 cm³/mol. The molecule has 0 amide bonds. The number of nitrogens with zero attached hydrogens (tertiary/aromatic N) is 1. The van der Waals surface area contributed by atoms with Crippen molar-refractivity contribution in [2.75, 3.05) is 0 Å². The van der Waals surface area contributed by atoms with Gasteiger partial charge in [0.2, 0.25) is 0 Å². The average Bonchev–Trinajstić information content (AvgIpc) is 1.96. The van der Waals surface area contributed by atoms with Gasteiger partial charge in [0.25, 0.3) is 5.88 Å². The molecule has 13 heavy (non-hydrogen) atoms. The number of pyridine rings is 1. The molecule has 0 radical (unpaired) electrons. The molecule has 0 aromatic carbocycles. The van der Waals surface area contributed by atoms with E-state index in [1.807, 2.05) is 0 Å². The lowest BCUT2D eigenvalue weighted by Gasteiger charge is -2.08. The molecule has 0 unspecified atom stereocenters. The van der Waals surface area contributed by atoms with Crippen LogP contribution in [0.2, 0.25) is 0 Å². The molecule has 0 bridgehead atoms. The smallest absolute Gasteiger partial charge is 0.385 e. The van der Waals surface area contributed by atoms with Gasteiger partial charge in [-0.1, -0.05) is 0 Å². The van der Waals surface area contributed by atoms with Gasteiger partial charge in [-0.05, 0) is 22.0 Å². The summed E-state index contributed by atoms with van der Waals surface area (Å²) in [6.45, 7) is 0. The Balaban J connectivity index is 2.96. The molecule has 2 nitrogen and oxygen atoms in total. The number of hydrogen-bond donors (Lipinski definition) is 0. The van der Waals surface area contributed by atoms with Crippen molar-refractivity contribution in [3.63, 3.8) is 0 Å². The van der Waals surface area contributed by atoms with Crippen LogP contribution in [0.3, 0.4) is 0 Å². The molecule has 7 heteroatoms. The van der Waals surface area contributed by atoms with Crippen molar-refractivity contribution in [2.24, 2.45) is 0 Å².